The molecule has 0 amide bonds. The van der Waals surface area contributed by atoms with Crippen molar-refractivity contribution in [3.8, 4) is 0 Å². The Kier molecular flexibility index (Phi) is 4.27. The van der Waals surface area contributed by atoms with Gasteiger partial charge >= 0.3 is 0 Å². The van der Waals surface area contributed by atoms with E-state index in [0.29, 0.717) is 12.3 Å². The van der Waals surface area contributed by atoms with E-state index in [1.165, 1.54) is 5.57 Å². The SMILES string of the molecule is CC(C)C1=CC2=CCC3C(C)(CO)CCC(O)C3(C)C2CC1O. The lowest BCUT2D eigenvalue weighted by Crippen LogP contribution is -2.58. The van der Waals surface area contributed by atoms with Crippen molar-refractivity contribution >= 4 is 0 Å². The standard InChI is InChI=1S/C20H32O3/c1-12(2)14-9-13-5-6-17-19(3,11-21)8-7-18(23)20(17,4)15(13)10-16(14)22/h5,9,12,15-18,21-23H,6-8,10-11H2,1-4H3. The smallest absolute Gasteiger partial charge is 0.0761 e. The van der Waals surface area contributed by atoms with Crippen LogP contribution in [0.1, 0.15) is 53.4 Å². The molecule has 0 bridgehead atoms. The van der Waals surface area contributed by atoms with Crippen LogP contribution in [0.15, 0.2) is 23.3 Å². The Morgan fingerprint density at radius 1 is 1.26 bits per heavy atom. The molecule has 0 radical (unpaired) electrons. The molecule has 0 aromatic carbocycles. The van der Waals surface area contributed by atoms with E-state index in [1.807, 2.05) is 0 Å². The molecular formula is C20H32O3. The molecule has 0 spiro atoms. The Morgan fingerprint density at radius 3 is 2.57 bits per heavy atom. The average Bonchev–Trinajstić information content (AvgIpc) is 2.51. The maximum atomic E-state index is 10.9. The fraction of sp³-hybridized carbons (Fsp3) is 0.800. The molecule has 130 valence electrons. The van der Waals surface area contributed by atoms with Crippen LogP contribution in [0.3, 0.4) is 0 Å². The van der Waals surface area contributed by atoms with Gasteiger partial charge in [-0.3, -0.25) is 0 Å². The molecule has 6 unspecified atom stereocenters. The van der Waals surface area contributed by atoms with Crippen molar-refractivity contribution in [2.45, 2.75) is 65.6 Å². The van der Waals surface area contributed by atoms with Crippen molar-refractivity contribution in [2.24, 2.45) is 28.6 Å². The van der Waals surface area contributed by atoms with Crippen LogP contribution in [0, 0.1) is 28.6 Å². The lowest BCUT2D eigenvalue weighted by Gasteiger charge is -2.60. The lowest BCUT2D eigenvalue weighted by atomic mass is 9.46. The Bertz CT molecular complexity index is 535. The molecule has 0 aromatic rings. The Balaban J connectivity index is 2.05. The summed E-state index contributed by atoms with van der Waals surface area (Å²) in [5.74, 6) is 0.787. The third-order valence-corrected chi connectivity index (χ3v) is 7.25. The fourth-order valence-corrected chi connectivity index (χ4v) is 5.64. The Morgan fingerprint density at radius 2 is 1.96 bits per heavy atom. The van der Waals surface area contributed by atoms with Crippen LogP contribution in [0.2, 0.25) is 0 Å². The third-order valence-electron chi connectivity index (χ3n) is 7.25. The minimum absolute atomic E-state index is 0.136. The highest BCUT2D eigenvalue weighted by Gasteiger charge is 2.58. The van der Waals surface area contributed by atoms with E-state index in [2.05, 4.69) is 39.8 Å². The van der Waals surface area contributed by atoms with Gasteiger partial charge in [0.2, 0.25) is 0 Å². The number of hydrogen-bond donors (Lipinski definition) is 3. The highest BCUT2D eigenvalue weighted by molar-refractivity contribution is 5.38. The summed E-state index contributed by atoms with van der Waals surface area (Å²) in [6, 6.07) is 0. The van der Waals surface area contributed by atoms with Gasteiger partial charge in [-0.1, -0.05) is 39.8 Å². The summed E-state index contributed by atoms with van der Waals surface area (Å²) in [7, 11) is 0. The highest BCUT2D eigenvalue weighted by Crippen LogP contribution is 2.61. The summed E-state index contributed by atoms with van der Waals surface area (Å²) >= 11 is 0. The first kappa shape index (κ1) is 17.2. The van der Waals surface area contributed by atoms with E-state index in [4.69, 9.17) is 0 Å². The second-order valence-corrected chi connectivity index (χ2v) is 8.83. The Hall–Kier alpha value is -0.640. The zero-order valence-electron chi connectivity index (χ0n) is 14.9. The largest absolute Gasteiger partial charge is 0.396 e. The molecule has 0 saturated heterocycles. The first-order valence-electron chi connectivity index (χ1n) is 9.12. The molecule has 3 nitrogen and oxygen atoms in total. The van der Waals surface area contributed by atoms with Crippen molar-refractivity contribution in [3.63, 3.8) is 0 Å². The Labute approximate surface area is 140 Å². The van der Waals surface area contributed by atoms with Crippen molar-refractivity contribution in [1.29, 1.82) is 0 Å². The van der Waals surface area contributed by atoms with Crippen molar-refractivity contribution < 1.29 is 15.3 Å². The van der Waals surface area contributed by atoms with Gasteiger partial charge in [0.25, 0.3) is 0 Å². The van der Waals surface area contributed by atoms with E-state index in [0.717, 1.165) is 24.8 Å². The monoisotopic (exact) mass is 320 g/mol. The predicted molar refractivity (Wildman–Crippen MR) is 91.8 cm³/mol. The van der Waals surface area contributed by atoms with E-state index in [9.17, 15) is 15.3 Å². The molecular weight excluding hydrogens is 288 g/mol. The van der Waals surface area contributed by atoms with Gasteiger partial charge in [0, 0.05) is 12.0 Å². The van der Waals surface area contributed by atoms with Gasteiger partial charge in [0.1, 0.15) is 0 Å². The summed E-state index contributed by atoms with van der Waals surface area (Å²) in [5.41, 5.74) is 2.01. The minimum atomic E-state index is -0.415. The van der Waals surface area contributed by atoms with Crippen molar-refractivity contribution in [2.75, 3.05) is 6.61 Å². The zero-order valence-corrected chi connectivity index (χ0v) is 14.9. The number of aliphatic hydroxyl groups excluding tert-OH is 3. The van der Waals surface area contributed by atoms with Gasteiger partial charge < -0.3 is 15.3 Å². The summed E-state index contributed by atoms with van der Waals surface area (Å²) in [5, 5.41) is 31.5. The van der Waals surface area contributed by atoms with E-state index < -0.39 is 6.10 Å². The maximum Gasteiger partial charge on any atom is 0.0761 e. The van der Waals surface area contributed by atoms with Crippen LogP contribution in [-0.2, 0) is 0 Å². The van der Waals surface area contributed by atoms with Crippen molar-refractivity contribution in [1.82, 2.24) is 0 Å². The second kappa shape index (κ2) is 5.72. The molecule has 3 heteroatoms. The first-order chi connectivity index (χ1) is 10.7. The van der Waals surface area contributed by atoms with Crippen molar-refractivity contribution in [3.05, 3.63) is 23.3 Å². The van der Waals surface area contributed by atoms with Gasteiger partial charge in [-0.2, -0.15) is 0 Å². The molecule has 1 saturated carbocycles. The number of rotatable bonds is 2. The van der Waals surface area contributed by atoms with Crippen LogP contribution < -0.4 is 0 Å². The number of aliphatic hydroxyl groups is 3. The molecule has 1 fully saturated rings. The van der Waals surface area contributed by atoms with Crippen LogP contribution in [-0.4, -0.2) is 34.1 Å². The molecule has 0 heterocycles. The summed E-state index contributed by atoms with van der Waals surface area (Å²) in [6.45, 7) is 8.78. The first-order valence-corrected chi connectivity index (χ1v) is 9.12. The number of fused-ring (bicyclic) bond motifs is 3. The fourth-order valence-electron chi connectivity index (χ4n) is 5.64. The molecule has 3 aliphatic carbocycles. The predicted octanol–water partition coefficient (Wildman–Crippen LogP) is 3.06. The molecule has 3 rings (SSSR count). The highest BCUT2D eigenvalue weighted by atomic mass is 16.3. The normalized spacial score (nSPS) is 46.8. The summed E-state index contributed by atoms with van der Waals surface area (Å²) in [6.07, 6.45) is 6.93. The van der Waals surface area contributed by atoms with E-state index in [1.54, 1.807) is 0 Å². The third kappa shape index (κ3) is 2.43. The van der Waals surface area contributed by atoms with Crippen LogP contribution in [0.5, 0.6) is 0 Å². The van der Waals surface area contributed by atoms with Crippen LogP contribution in [0.25, 0.3) is 0 Å². The molecule has 6 atom stereocenters. The molecule has 0 aliphatic heterocycles. The van der Waals surface area contributed by atoms with Crippen LogP contribution in [0.4, 0.5) is 0 Å². The van der Waals surface area contributed by atoms with Gasteiger partial charge in [-0.05, 0) is 60.0 Å². The molecule has 3 aliphatic rings. The molecule has 23 heavy (non-hydrogen) atoms. The second-order valence-electron chi connectivity index (χ2n) is 8.83. The van der Waals surface area contributed by atoms with Gasteiger partial charge in [-0.15, -0.1) is 0 Å². The van der Waals surface area contributed by atoms with E-state index in [-0.39, 0.29) is 35.4 Å². The minimum Gasteiger partial charge on any atom is -0.396 e. The van der Waals surface area contributed by atoms with Gasteiger partial charge in [0.15, 0.2) is 0 Å². The van der Waals surface area contributed by atoms with Gasteiger partial charge in [0.05, 0.1) is 12.2 Å². The van der Waals surface area contributed by atoms with E-state index >= 15 is 0 Å². The number of hydrogen-bond acceptors (Lipinski definition) is 3. The zero-order chi connectivity index (χ0) is 17.0. The quantitative estimate of drug-likeness (QED) is 0.733. The lowest BCUT2D eigenvalue weighted by molar-refractivity contribution is -0.149. The number of allylic oxidation sites excluding steroid dienone is 3. The molecule has 0 aromatic heterocycles. The van der Waals surface area contributed by atoms with Crippen LogP contribution >= 0.6 is 0 Å². The average molecular weight is 320 g/mol. The topological polar surface area (TPSA) is 60.7 Å². The summed E-state index contributed by atoms with van der Waals surface area (Å²) < 4.78 is 0. The maximum absolute atomic E-state index is 10.9. The summed E-state index contributed by atoms with van der Waals surface area (Å²) in [4.78, 5) is 0. The molecule has 3 N–H and O–H groups in total. The van der Waals surface area contributed by atoms with Gasteiger partial charge in [-0.25, -0.2) is 0 Å².